The van der Waals surface area contributed by atoms with Gasteiger partial charge in [0, 0.05) is 32.4 Å². The summed E-state index contributed by atoms with van der Waals surface area (Å²) in [5, 5.41) is 2.92. The number of hydrogen-bond donors (Lipinski definition) is 2. The fraction of sp³-hybridized carbons (Fsp3) is 0.400. The molecule has 5 heterocycles. The van der Waals surface area contributed by atoms with E-state index in [-0.39, 0.29) is 17.7 Å². The molecule has 5 rings (SSSR count). The molecule has 2 N–H and O–H groups in total. The molecule has 2 aliphatic heterocycles. The highest BCUT2D eigenvalue weighted by Crippen LogP contribution is 2.25. The normalized spacial score (nSPS) is 19.7. The highest BCUT2D eigenvalue weighted by Gasteiger charge is 2.26. The van der Waals surface area contributed by atoms with Gasteiger partial charge in [0.2, 0.25) is 0 Å². The van der Waals surface area contributed by atoms with Crippen LogP contribution in [0.15, 0.2) is 35.3 Å². The van der Waals surface area contributed by atoms with Gasteiger partial charge in [-0.1, -0.05) is 0 Å². The lowest BCUT2D eigenvalue weighted by atomic mass is 10.1. The number of H-pyrrole nitrogens is 1. The van der Waals surface area contributed by atoms with Crippen LogP contribution in [0.3, 0.4) is 0 Å². The van der Waals surface area contributed by atoms with Gasteiger partial charge in [0.25, 0.3) is 5.91 Å². The molecule has 1 saturated heterocycles. The van der Waals surface area contributed by atoms with Crippen molar-refractivity contribution in [3.63, 3.8) is 0 Å². The van der Waals surface area contributed by atoms with Crippen molar-refractivity contribution in [1.82, 2.24) is 24.8 Å². The lowest BCUT2D eigenvalue weighted by Crippen LogP contribution is -2.38. The second-order valence-electron chi connectivity index (χ2n) is 7.37. The van der Waals surface area contributed by atoms with Crippen molar-refractivity contribution in [1.29, 1.82) is 0 Å². The van der Waals surface area contributed by atoms with Crippen molar-refractivity contribution in [3.05, 3.63) is 46.5 Å². The highest BCUT2D eigenvalue weighted by molar-refractivity contribution is 5.99. The summed E-state index contributed by atoms with van der Waals surface area (Å²) in [6.45, 7) is 2.62. The smallest absolute Gasteiger partial charge is 0.333 e. The number of nitrogens with zero attached hydrogens (tertiary/aromatic N) is 4. The van der Waals surface area contributed by atoms with Gasteiger partial charge in [0.05, 0.1) is 17.2 Å². The van der Waals surface area contributed by atoms with Crippen LogP contribution in [0.5, 0.6) is 0 Å². The Balaban J connectivity index is 1.59. The third kappa shape index (κ3) is 3.27. The number of aromatic amines is 1. The number of carbonyl (C=O) groups excluding carboxylic acids is 1. The fourth-order valence-corrected chi connectivity index (χ4v) is 4.03. The van der Waals surface area contributed by atoms with E-state index in [2.05, 4.69) is 20.2 Å². The van der Waals surface area contributed by atoms with E-state index < -0.39 is 0 Å². The van der Waals surface area contributed by atoms with Crippen LogP contribution in [-0.4, -0.2) is 57.8 Å². The zero-order chi connectivity index (χ0) is 19.8. The molecule has 3 aromatic rings. The predicted octanol–water partition coefficient (Wildman–Crippen LogP) is 1.23. The fourth-order valence-electron chi connectivity index (χ4n) is 4.03. The molecule has 1 amide bonds. The summed E-state index contributed by atoms with van der Waals surface area (Å²) in [5.41, 5.74) is 1.34. The maximum atomic E-state index is 12.6. The monoisotopic (exact) mass is 394 g/mol. The van der Waals surface area contributed by atoms with Crippen LogP contribution in [0.1, 0.15) is 29.6 Å². The molecule has 1 fully saturated rings. The van der Waals surface area contributed by atoms with Crippen molar-refractivity contribution in [3.8, 4) is 5.82 Å². The molecule has 0 radical (unpaired) electrons. The van der Waals surface area contributed by atoms with E-state index in [9.17, 15) is 9.59 Å². The number of nitrogens with one attached hydrogen (secondary N) is 2. The SMILES string of the molecule is O=C1NCCN(CC2CCCCO2)c2nc(-n3c(=O)[nH]c4ncccc43)ccc21. The quantitative estimate of drug-likeness (QED) is 0.692. The molecular formula is C20H22N6O3. The van der Waals surface area contributed by atoms with Gasteiger partial charge in [-0.05, 0) is 43.5 Å². The molecule has 1 atom stereocenters. The summed E-state index contributed by atoms with van der Waals surface area (Å²) in [7, 11) is 0. The topological polar surface area (TPSA) is 105 Å². The third-order valence-corrected chi connectivity index (χ3v) is 5.45. The second kappa shape index (κ2) is 7.32. The van der Waals surface area contributed by atoms with Crippen LogP contribution in [0, 0.1) is 0 Å². The van der Waals surface area contributed by atoms with Crippen molar-refractivity contribution in [2.75, 3.05) is 31.1 Å². The number of fused-ring (bicyclic) bond motifs is 2. The number of anilines is 1. The molecule has 9 nitrogen and oxygen atoms in total. The molecule has 29 heavy (non-hydrogen) atoms. The molecule has 0 bridgehead atoms. The minimum Gasteiger partial charge on any atom is -0.376 e. The molecule has 2 aliphatic rings. The first kappa shape index (κ1) is 17.9. The van der Waals surface area contributed by atoms with E-state index in [0.717, 1.165) is 25.9 Å². The number of rotatable bonds is 3. The maximum Gasteiger partial charge on any atom is 0.333 e. The molecule has 0 aromatic carbocycles. The van der Waals surface area contributed by atoms with Crippen LogP contribution >= 0.6 is 0 Å². The Hall–Kier alpha value is -3.20. The number of imidazole rings is 1. The summed E-state index contributed by atoms with van der Waals surface area (Å²) in [5.74, 6) is 0.883. The van der Waals surface area contributed by atoms with E-state index in [4.69, 9.17) is 9.72 Å². The van der Waals surface area contributed by atoms with E-state index in [1.807, 2.05) is 6.07 Å². The van der Waals surface area contributed by atoms with Gasteiger partial charge in [-0.25, -0.2) is 19.3 Å². The summed E-state index contributed by atoms with van der Waals surface area (Å²) in [4.78, 5) is 38.9. The highest BCUT2D eigenvalue weighted by atomic mass is 16.5. The zero-order valence-electron chi connectivity index (χ0n) is 15.9. The number of hydrogen-bond acceptors (Lipinski definition) is 6. The Morgan fingerprint density at radius 3 is 3.00 bits per heavy atom. The number of amides is 1. The Kier molecular flexibility index (Phi) is 4.51. The first-order chi connectivity index (χ1) is 14.2. The van der Waals surface area contributed by atoms with E-state index in [1.54, 1.807) is 24.4 Å². The minimum absolute atomic E-state index is 0.121. The average molecular weight is 394 g/mol. The summed E-state index contributed by atoms with van der Waals surface area (Å²) >= 11 is 0. The van der Waals surface area contributed by atoms with Crippen LogP contribution < -0.4 is 15.9 Å². The second-order valence-corrected chi connectivity index (χ2v) is 7.37. The van der Waals surface area contributed by atoms with Gasteiger partial charge in [-0.3, -0.25) is 9.78 Å². The van der Waals surface area contributed by atoms with Crippen molar-refractivity contribution >= 4 is 22.9 Å². The molecule has 1 unspecified atom stereocenters. The summed E-state index contributed by atoms with van der Waals surface area (Å²) in [6.07, 6.45) is 4.99. The van der Waals surface area contributed by atoms with Gasteiger partial charge in [0.1, 0.15) is 11.6 Å². The lowest BCUT2D eigenvalue weighted by Gasteiger charge is -2.30. The van der Waals surface area contributed by atoms with E-state index in [0.29, 0.717) is 48.0 Å². The van der Waals surface area contributed by atoms with E-state index >= 15 is 0 Å². The van der Waals surface area contributed by atoms with E-state index in [1.165, 1.54) is 4.57 Å². The Labute approximate surface area is 166 Å². The zero-order valence-corrected chi connectivity index (χ0v) is 15.9. The Bertz CT molecular complexity index is 1110. The number of aromatic nitrogens is 4. The molecular weight excluding hydrogens is 372 g/mol. The number of carbonyl (C=O) groups is 1. The van der Waals surface area contributed by atoms with Gasteiger partial charge in [-0.2, -0.15) is 0 Å². The molecule has 150 valence electrons. The van der Waals surface area contributed by atoms with Crippen molar-refractivity contribution in [2.24, 2.45) is 0 Å². The summed E-state index contributed by atoms with van der Waals surface area (Å²) in [6, 6.07) is 7.01. The lowest BCUT2D eigenvalue weighted by molar-refractivity contribution is 0.0210. The Morgan fingerprint density at radius 2 is 2.14 bits per heavy atom. The van der Waals surface area contributed by atoms with Crippen LogP contribution in [-0.2, 0) is 4.74 Å². The van der Waals surface area contributed by atoms with Crippen LogP contribution in [0.25, 0.3) is 17.0 Å². The van der Waals surface area contributed by atoms with Gasteiger partial charge < -0.3 is 15.0 Å². The standard InChI is InChI=1S/C20H22N6O3/c27-19-14-6-7-16(26-15-5-3-8-21-17(15)24-20(26)28)23-18(14)25(10-9-22-19)12-13-4-1-2-11-29-13/h3,5-8,13H,1-2,4,9-12H2,(H,22,27)(H,21,24,28). The molecule has 3 aromatic heterocycles. The number of pyridine rings is 2. The largest absolute Gasteiger partial charge is 0.376 e. The van der Waals surface area contributed by atoms with Gasteiger partial charge in [-0.15, -0.1) is 0 Å². The molecule has 9 heteroatoms. The number of ether oxygens (including phenoxy) is 1. The van der Waals surface area contributed by atoms with Crippen LogP contribution in [0.4, 0.5) is 5.82 Å². The first-order valence-electron chi connectivity index (χ1n) is 9.92. The summed E-state index contributed by atoms with van der Waals surface area (Å²) < 4.78 is 7.39. The molecule has 0 aliphatic carbocycles. The first-order valence-corrected chi connectivity index (χ1v) is 9.92. The molecule has 0 spiro atoms. The minimum atomic E-state index is -0.314. The third-order valence-electron chi connectivity index (χ3n) is 5.45. The van der Waals surface area contributed by atoms with Gasteiger partial charge >= 0.3 is 5.69 Å². The van der Waals surface area contributed by atoms with Crippen molar-refractivity contribution < 1.29 is 9.53 Å². The average Bonchev–Trinajstić information content (AvgIpc) is 3.00. The van der Waals surface area contributed by atoms with Crippen LogP contribution in [0.2, 0.25) is 0 Å². The predicted molar refractivity (Wildman–Crippen MR) is 108 cm³/mol. The Morgan fingerprint density at radius 1 is 1.21 bits per heavy atom. The van der Waals surface area contributed by atoms with Gasteiger partial charge in [0.15, 0.2) is 5.65 Å². The van der Waals surface area contributed by atoms with Crippen molar-refractivity contribution in [2.45, 2.75) is 25.4 Å². The maximum absolute atomic E-state index is 12.6. The molecule has 0 saturated carbocycles.